The van der Waals surface area contributed by atoms with Crippen molar-refractivity contribution in [3.05, 3.63) is 16.6 Å². The molecule has 5 nitrogen and oxygen atoms in total. The molecule has 0 aromatic carbocycles. The molecule has 0 atom stereocenters. The zero-order valence-electron chi connectivity index (χ0n) is 9.72. The van der Waals surface area contributed by atoms with Crippen molar-refractivity contribution in [1.29, 1.82) is 0 Å². The molecule has 0 spiro atoms. The Labute approximate surface area is 105 Å². The zero-order chi connectivity index (χ0) is 11.9. The van der Waals surface area contributed by atoms with Crippen LogP contribution in [0.4, 0.5) is 0 Å². The summed E-state index contributed by atoms with van der Waals surface area (Å²) in [6, 6.07) is 0. The monoisotopic (exact) mass is 255 g/mol. The second-order valence-corrected chi connectivity index (χ2v) is 4.80. The van der Waals surface area contributed by atoms with Gasteiger partial charge in [-0.05, 0) is 13.0 Å². The Morgan fingerprint density at radius 2 is 2.35 bits per heavy atom. The highest BCUT2D eigenvalue weighted by molar-refractivity contribution is 7.11. The van der Waals surface area contributed by atoms with Crippen molar-refractivity contribution < 1.29 is 9.53 Å². The summed E-state index contributed by atoms with van der Waals surface area (Å²) in [6.45, 7) is 5.37. The number of hydrogen-bond donors (Lipinski definition) is 1. The summed E-state index contributed by atoms with van der Waals surface area (Å²) >= 11 is 1.37. The van der Waals surface area contributed by atoms with Crippen LogP contribution in [0.25, 0.3) is 0 Å². The highest BCUT2D eigenvalue weighted by Crippen LogP contribution is 2.03. The van der Waals surface area contributed by atoms with Crippen LogP contribution in [0, 0.1) is 0 Å². The number of amides is 1. The number of rotatable bonds is 5. The molecule has 1 saturated heterocycles. The van der Waals surface area contributed by atoms with E-state index in [0.717, 1.165) is 39.3 Å². The molecular weight excluding hydrogens is 238 g/mol. The predicted octanol–water partition coefficient (Wildman–Crippen LogP) is 0.595. The summed E-state index contributed by atoms with van der Waals surface area (Å²) < 4.78 is 5.27. The van der Waals surface area contributed by atoms with Gasteiger partial charge in [-0.2, -0.15) is 0 Å². The lowest BCUT2D eigenvalue weighted by atomic mass is 10.3. The van der Waals surface area contributed by atoms with Crippen LogP contribution in [0.3, 0.4) is 0 Å². The largest absolute Gasteiger partial charge is 0.379 e. The normalized spacial score (nSPS) is 16.9. The van der Waals surface area contributed by atoms with E-state index >= 15 is 0 Å². The van der Waals surface area contributed by atoms with Crippen molar-refractivity contribution in [3.8, 4) is 0 Å². The fraction of sp³-hybridized carbons (Fsp3) is 0.636. The first-order valence-electron chi connectivity index (χ1n) is 5.84. The fourth-order valence-electron chi connectivity index (χ4n) is 1.74. The van der Waals surface area contributed by atoms with E-state index in [4.69, 9.17) is 4.74 Å². The van der Waals surface area contributed by atoms with Crippen LogP contribution in [-0.4, -0.2) is 55.2 Å². The van der Waals surface area contributed by atoms with Crippen molar-refractivity contribution in [1.82, 2.24) is 15.2 Å². The van der Waals surface area contributed by atoms with Gasteiger partial charge in [-0.1, -0.05) is 0 Å². The highest BCUT2D eigenvalue weighted by Gasteiger charge is 2.10. The van der Waals surface area contributed by atoms with Crippen molar-refractivity contribution in [2.45, 2.75) is 6.42 Å². The van der Waals surface area contributed by atoms with Gasteiger partial charge in [-0.25, -0.2) is 4.98 Å². The smallest absolute Gasteiger partial charge is 0.280 e. The number of nitrogens with one attached hydrogen (secondary N) is 1. The number of morpholine rings is 1. The van der Waals surface area contributed by atoms with E-state index in [1.54, 1.807) is 6.20 Å². The Morgan fingerprint density at radius 1 is 1.53 bits per heavy atom. The molecule has 94 valence electrons. The van der Waals surface area contributed by atoms with Crippen molar-refractivity contribution in [3.63, 3.8) is 0 Å². The van der Waals surface area contributed by atoms with Gasteiger partial charge < -0.3 is 10.1 Å². The van der Waals surface area contributed by atoms with Crippen LogP contribution in [0.1, 0.15) is 16.2 Å². The lowest BCUT2D eigenvalue weighted by molar-refractivity contribution is 0.0374. The molecule has 0 saturated carbocycles. The molecule has 1 fully saturated rings. The third kappa shape index (κ3) is 4.07. The highest BCUT2D eigenvalue weighted by atomic mass is 32.1. The average molecular weight is 255 g/mol. The lowest BCUT2D eigenvalue weighted by Gasteiger charge is -2.26. The Morgan fingerprint density at radius 3 is 3.06 bits per heavy atom. The van der Waals surface area contributed by atoms with Crippen molar-refractivity contribution in [2.75, 3.05) is 39.4 Å². The molecule has 0 aliphatic carbocycles. The predicted molar refractivity (Wildman–Crippen MR) is 66.3 cm³/mol. The van der Waals surface area contributed by atoms with Gasteiger partial charge in [0.25, 0.3) is 5.91 Å². The number of nitrogens with zero attached hydrogens (tertiary/aromatic N) is 2. The fourth-order valence-corrected chi connectivity index (χ4v) is 2.29. The number of thiazole rings is 1. The summed E-state index contributed by atoms with van der Waals surface area (Å²) in [7, 11) is 0. The van der Waals surface area contributed by atoms with Crippen LogP contribution in [0.5, 0.6) is 0 Å². The first-order valence-corrected chi connectivity index (χ1v) is 6.72. The SMILES string of the molecule is O=C(NCCCN1CCOCC1)c1nccs1. The summed E-state index contributed by atoms with van der Waals surface area (Å²) in [4.78, 5) is 17.9. The number of hydrogen-bond acceptors (Lipinski definition) is 5. The Bertz CT molecular complexity index is 336. The molecule has 0 radical (unpaired) electrons. The molecule has 0 unspecified atom stereocenters. The Kier molecular flexibility index (Phi) is 4.90. The summed E-state index contributed by atoms with van der Waals surface area (Å²) in [5, 5.41) is 5.22. The quantitative estimate of drug-likeness (QED) is 0.783. The number of carbonyl (C=O) groups is 1. The van der Waals surface area contributed by atoms with Crippen LogP contribution in [0.2, 0.25) is 0 Å². The maximum atomic E-state index is 11.6. The van der Waals surface area contributed by atoms with Gasteiger partial charge in [0.15, 0.2) is 5.01 Å². The molecule has 17 heavy (non-hydrogen) atoms. The summed E-state index contributed by atoms with van der Waals surface area (Å²) in [5.41, 5.74) is 0. The first-order chi connectivity index (χ1) is 8.36. The molecule has 2 rings (SSSR count). The molecular formula is C11H17N3O2S. The molecule has 1 aromatic rings. The molecule has 1 aliphatic rings. The molecule has 1 aliphatic heterocycles. The third-order valence-corrected chi connectivity index (χ3v) is 3.44. The van der Waals surface area contributed by atoms with Crippen molar-refractivity contribution in [2.24, 2.45) is 0 Å². The van der Waals surface area contributed by atoms with Crippen LogP contribution in [0.15, 0.2) is 11.6 Å². The minimum Gasteiger partial charge on any atom is -0.379 e. The van der Waals surface area contributed by atoms with E-state index in [-0.39, 0.29) is 5.91 Å². The van der Waals surface area contributed by atoms with E-state index in [1.807, 2.05) is 5.38 Å². The second kappa shape index (κ2) is 6.68. The van der Waals surface area contributed by atoms with Gasteiger partial charge >= 0.3 is 0 Å². The van der Waals surface area contributed by atoms with Crippen LogP contribution < -0.4 is 5.32 Å². The lowest BCUT2D eigenvalue weighted by Crippen LogP contribution is -2.38. The minimum atomic E-state index is -0.0676. The molecule has 1 amide bonds. The van der Waals surface area contributed by atoms with E-state index in [0.29, 0.717) is 11.6 Å². The molecule has 1 N–H and O–H groups in total. The molecule has 6 heteroatoms. The standard InChI is InChI=1S/C11H17N3O2S/c15-10(11-13-3-9-17-11)12-2-1-4-14-5-7-16-8-6-14/h3,9H,1-2,4-8H2,(H,12,15). The first kappa shape index (κ1) is 12.5. The summed E-state index contributed by atoms with van der Waals surface area (Å²) in [6.07, 6.45) is 2.62. The number of ether oxygens (including phenoxy) is 1. The van der Waals surface area contributed by atoms with Gasteiger partial charge in [-0.15, -0.1) is 11.3 Å². The van der Waals surface area contributed by atoms with E-state index in [1.165, 1.54) is 11.3 Å². The van der Waals surface area contributed by atoms with Crippen molar-refractivity contribution >= 4 is 17.2 Å². The zero-order valence-corrected chi connectivity index (χ0v) is 10.5. The van der Waals surface area contributed by atoms with Gasteiger partial charge in [0, 0.05) is 31.2 Å². The topological polar surface area (TPSA) is 54.5 Å². The van der Waals surface area contributed by atoms with E-state index in [9.17, 15) is 4.79 Å². The van der Waals surface area contributed by atoms with Crippen LogP contribution >= 0.6 is 11.3 Å². The molecule has 0 bridgehead atoms. The minimum absolute atomic E-state index is 0.0676. The Hall–Kier alpha value is -0.980. The van der Waals surface area contributed by atoms with Gasteiger partial charge in [-0.3, -0.25) is 9.69 Å². The van der Waals surface area contributed by atoms with E-state index in [2.05, 4.69) is 15.2 Å². The van der Waals surface area contributed by atoms with Gasteiger partial charge in [0.1, 0.15) is 0 Å². The third-order valence-electron chi connectivity index (χ3n) is 2.67. The van der Waals surface area contributed by atoms with E-state index < -0.39 is 0 Å². The average Bonchev–Trinajstić information content (AvgIpc) is 2.89. The maximum Gasteiger partial charge on any atom is 0.280 e. The number of aromatic nitrogens is 1. The maximum absolute atomic E-state index is 11.6. The van der Waals surface area contributed by atoms with Crippen LogP contribution in [-0.2, 0) is 4.74 Å². The summed E-state index contributed by atoms with van der Waals surface area (Å²) in [5.74, 6) is -0.0676. The second-order valence-electron chi connectivity index (χ2n) is 3.90. The molecule has 2 heterocycles. The van der Waals surface area contributed by atoms with Gasteiger partial charge in [0.2, 0.25) is 0 Å². The Balaban J connectivity index is 1.58. The van der Waals surface area contributed by atoms with Gasteiger partial charge in [0.05, 0.1) is 13.2 Å². The number of carbonyl (C=O) groups excluding carboxylic acids is 1. The molecule has 1 aromatic heterocycles.